The number of nitrogens with two attached hydrogens (primary N) is 1. The zero-order chi connectivity index (χ0) is 15.4. The Morgan fingerprint density at radius 1 is 1.24 bits per heavy atom. The number of halogens is 2. The molecule has 0 aliphatic carbocycles. The summed E-state index contributed by atoms with van der Waals surface area (Å²) in [6.45, 7) is -0.206. The summed E-state index contributed by atoms with van der Waals surface area (Å²) >= 11 is 0. The van der Waals surface area contributed by atoms with Crippen LogP contribution >= 0.6 is 0 Å². The second kappa shape index (κ2) is 6.01. The largest absolute Gasteiger partial charge is 0.457 e. The van der Waals surface area contributed by atoms with E-state index in [2.05, 4.69) is 0 Å². The highest BCUT2D eigenvalue weighted by Crippen LogP contribution is 2.15. The van der Waals surface area contributed by atoms with E-state index in [4.69, 9.17) is 15.7 Å². The number of nitrogen functional groups attached to an aromatic ring is 1. The maximum absolute atomic E-state index is 13.2. The molecule has 6 heteroatoms. The first-order valence-electron chi connectivity index (χ1n) is 5.91. The van der Waals surface area contributed by atoms with Crippen LogP contribution in [0.15, 0.2) is 36.4 Å². The summed E-state index contributed by atoms with van der Waals surface area (Å²) in [7, 11) is 0. The smallest absolute Gasteiger partial charge is 0.338 e. The summed E-state index contributed by atoms with van der Waals surface area (Å²) in [6, 6.07) is 8.90. The lowest BCUT2D eigenvalue weighted by atomic mass is 10.1. The molecule has 2 aromatic rings. The van der Waals surface area contributed by atoms with Crippen LogP contribution in [0.25, 0.3) is 0 Å². The lowest BCUT2D eigenvalue weighted by Gasteiger charge is -2.06. The molecule has 0 radical (unpaired) electrons. The van der Waals surface area contributed by atoms with E-state index in [9.17, 15) is 13.6 Å². The second-order valence-electron chi connectivity index (χ2n) is 4.27. The predicted octanol–water partition coefficient (Wildman–Crippen LogP) is 2.78. The maximum Gasteiger partial charge on any atom is 0.338 e. The summed E-state index contributed by atoms with van der Waals surface area (Å²) in [6.07, 6.45) is 0. The number of nitriles is 1. The average Bonchev–Trinajstić information content (AvgIpc) is 2.47. The van der Waals surface area contributed by atoms with Crippen molar-refractivity contribution in [3.8, 4) is 6.07 Å². The monoisotopic (exact) mass is 288 g/mol. The van der Waals surface area contributed by atoms with Crippen molar-refractivity contribution in [1.82, 2.24) is 0 Å². The Kier molecular flexibility index (Phi) is 4.14. The SMILES string of the molecule is N#Cc1cc(F)cc(COC(=O)c2ccc(F)c(N)c2)c1. The first-order valence-corrected chi connectivity index (χ1v) is 5.91. The lowest BCUT2D eigenvalue weighted by molar-refractivity contribution is 0.0472. The number of benzene rings is 2. The normalized spacial score (nSPS) is 9.95. The Bertz CT molecular complexity index is 739. The van der Waals surface area contributed by atoms with Gasteiger partial charge < -0.3 is 10.5 Å². The summed E-state index contributed by atoms with van der Waals surface area (Å²) < 4.78 is 31.2. The Balaban J connectivity index is 2.09. The fourth-order valence-electron chi connectivity index (χ4n) is 1.70. The highest BCUT2D eigenvalue weighted by Gasteiger charge is 2.10. The number of hydrogen-bond donors (Lipinski definition) is 1. The Morgan fingerprint density at radius 3 is 2.67 bits per heavy atom. The summed E-state index contributed by atoms with van der Waals surface area (Å²) in [4.78, 5) is 11.8. The Labute approximate surface area is 119 Å². The van der Waals surface area contributed by atoms with Gasteiger partial charge in [-0.1, -0.05) is 0 Å². The van der Waals surface area contributed by atoms with E-state index in [0.717, 1.165) is 24.3 Å². The van der Waals surface area contributed by atoms with E-state index in [-0.39, 0.29) is 23.4 Å². The molecule has 0 spiro atoms. The molecule has 4 nitrogen and oxygen atoms in total. The van der Waals surface area contributed by atoms with Crippen LogP contribution < -0.4 is 5.73 Å². The molecule has 2 aromatic carbocycles. The summed E-state index contributed by atoms with van der Waals surface area (Å²) in [5, 5.41) is 8.72. The van der Waals surface area contributed by atoms with Crippen LogP contribution in [0.5, 0.6) is 0 Å². The van der Waals surface area contributed by atoms with Gasteiger partial charge in [0.05, 0.1) is 22.9 Å². The van der Waals surface area contributed by atoms with Crippen molar-refractivity contribution < 1.29 is 18.3 Å². The number of anilines is 1. The zero-order valence-corrected chi connectivity index (χ0v) is 10.8. The first-order chi connectivity index (χ1) is 9.99. The summed E-state index contributed by atoms with van der Waals surface area (Å²) in [5.41, 5.74) is 5.75. The molecule has 0 aromatic heterocycles. The molecular formula is C15H10F2N2O2. The van der Waals surface area contributed by atoms with Gasteiger partial charge in [0.25, 0.3) is 0 Å². The average molecular weight is 288 g/mol. The van der Waals surface area contributed by atoms with Gasteiger partial charge in [0, 0.05) is 0 Å². The third-order valence-electron chi connectivity index (χ3n) is 2.69. The van der Waals surface area contributed by atoms with Crippen LogP contribution in [0.1, 0.15) is 21.5 Å². The van der Waals surface area contributed by atoms with Crippen molar-refractivity contribution in [1.29, 1.82) is 5.26 Å². The zero-order valence-electron chi connectivity index (χ0n) is 10.8. The fourth-order valence-corrected chi connectivity index (χ4v) is 1.70. The first kappa shape index (κ1) is 14.5. The summed E-state index contributed by atoms with van der Waals surface area (Å²) in [5.74, 6) is -1.94. The van der Waals surface area contributed by atoms with Gasteiger partial charge in [-0.05, 0) is 42.0 Å². The molecule has 0 unspecified atom stereocenters. The van der Waals surface area contributed by atoms with Crippen LogP contribution in [0.2, 0.25) is 0 Å². The van der Waals surface area contributed by atoms with Crippen LogP contribution in [-0.2, 0) is 11.3 Å². The fraction of sp³-hybridized carbons (Fsp3) is 0.0667. The Morgan fingerprint density at radius 2 is 2.00 bits per heavy atom. The van der Waals surface area contributed by atoms with Gasteiger partial charge >= 0.3 is 5.97 Å². The molecule has 0 aliphatic heterocycles. The number of esters is 1. The molecule has 21 heavy (non-hydrogen) atoms. The number of nitrogens with zero attached hydrogens (tertiary/aromatic N) is 1. The number of carbonyl (C=O) groups is 1. The van der Waals surface area contributed by atoms with Crippen molar-refractivity contribution >= 4 is 11.7 Å². The minimum Gasteiger partial charge on any atom is -0.457 e. The molecule has 0 saturated carbocycles. The van der Waals surface area contributed by atoms with E-state index in [1.807, 2.05) is 0 Å². The molecule has 2 rings (SSSR count). The third kappa shape index (κ3) is 3.54. The predicted molar refractivity (Wildman–Crippen MR) is 71.0 cm³/mol. The van der Waals surface area contributed by atoms with Gasteiger partial charge in [0.2, 0.25) is 0 Å². The third-order valence-corrected chi connectivity index (χ3v) is 2.69. The van der Waals surface area contributed by atoms with Crippen molar-refractivity contribution in [3.63, 3.8) is 0 Å². The van der Waals surface area contributed by atoms with E-state index in [1.165, 1.54) is 12.1 Å². The number of ether oxygens (including phenoxy) is 1. The second-order valence-corrected chi connectivity index (χ2v) is 4.27. The molecule has 0 atom stereocenters. The van der Waals surface area contributed by atoms with E-state index in [0.29, 0.717) is 5.56 Å². The van der Waals surface area contributed by atoms with Gasteiger partial charge in [-0.15, -0.1) is 0 Å². The number of rotatable bonds is 3. The number of hydrogen-bond acceptors (Lipinski definition) is 4. The minimum atomic E-state index is -0.718. The molecule has 0 saturated heterocycles. The van der Waals surface area contributed by atoms with E-state index >= 15 is 0 Å². The molecular weight excluding hydrogens is 278 g/mol. The van der Waals surface area contributed by atoms with Crippen molar-refractivity contribution in [3.05, 3.63) is 64.7 Å². The van der Waals surface area contributed by atoms with Crippen LogP contribution in [0, 0.1) is 23.0 Å². The van der Waals surface area contributed by atoms with Crippen LogP contribution in [0.4, 0.5) is 14.5 Å². The molecule has 0 bridgehead atoms. The molecule has 0 heterocycles. The van der Waals surface area contributed by atoms with Crippen molar-refractivity contribution in [2.24, 2.45) is 0 Å². The van der Waals surface area contributed by atoms with Crippen molar-refractivity contribution in [2.45, 2.75) is 6.61 Å². The van der Waals surface area contributed by atoms with Gasteiger partial charge in [0.15, 0.2) is 0 Å². The Hall–Kier alpha value is -2.94. The van der Waals surface area contributed by atoms with Crippen LogP contribution in [-0.4, -0.2) is 5.97 Å². The quantitative estimate of drug-likeness (QED) is 0.696. The lowest BCUT2D eigenvalue weighted by Crippen LogP contribution is -2.06. The highest BCUT2D eigenvalue weighted by atomic mass is 19.1. The molecule has 106 valence electrons. The van der Waals surface area contributed by atoms with E-state index in [1.54, 1.807) is 6.07 Å². The van der Waals surface area contributed by atoms with Gasteiger partial charge in [-0.25, -0.2) is 13.6 Å². The maximum atomic E-state index is 13.2. The standard InChI is InChI=1S/C15H10F2N2O2/c16-12-4-9(7-18)3-10(5-12)8-21-15(20)11-1-2-13(17)14(19)6-11/h1-6H,8,19H2. The van der Waals surface area contributed by atoms with E-state index < -0.39 is 17.6 Å². The molecule has 2 N–H and O–H groups in total. The molecule has 0 amide bonds. The van der Waals surface area contributed by atoms with Crippen LogP contribution in [0.3, 0.4) is 0 Å². The molecule has 0 aliphatic rings. The minimum absolute atomic E-state index is 0.0887. The van der Waals surface area contributed by atoms with Gasteiger partial charge in [-0.2, -0.15) is 5.26 Å². The van der Waals surface area contributed by atoms with Gasteiger partial charge in [0.1, 0.15) is 18.2 Å². The number of carbonyl (C=O) groups excluding carboxylic acids is 1. The topological polar surface area (TPSA) is 76.1 Å². The highest BCUT2D eigenvalue weighted by molar-refractivity contribution is 5.90. The van der Waals surface area contributed by atoms with Crippen molar-refractivity contribution in [2.75, 3.05) is 5.73 Å². The van der Waals surface area contributed by atoms with Gasteiger partial charge in [-0.3, -0.25) is 0 Å². The molecule has 0 fully saturated rings.